The Morgan fingerprint density at radius 3 is 2.74 bits per heavy atom. The second-order valence-electron chi connectivity index (χ2n) is 5.17. The van der Waals surface area contributed by atoms with E-state index >= 15 is 0 Å². The lowest BCUT2D eigenvalue weighted by Crippen LogP contribution is -2.43. The van der Waals surface area contributed by atoms with Gasteiger partial charge in [-0.2, -0.15) is 0 Å². The number of hydrogen-bond donors (Lipinski definition) is 1. The van der Waals surface area contributed by atoms with Gasteiger partial charge in [0.05, 0.1) is 12.3 Å². The molecule has 1 atom stereocenters. The summed E-state index contributed by atoms with van der Waals surface area (Å²) in [6, 6.07) is 5.19. The van der Waals surface area contributed by atoms with E-state index in [0.717, 1.165) is 32.6 Å². The second-order valence-corrected chi connectivity index (χ2v) is 5.17. The molecule has 1 unspecified atom stereocenters. The molecule has 1 saturated heterocycles. The van der Waals surface area contributed by atoms with E-state index in [1.165, 1.54) is 6.07 Å². The highest BCUT2D eigenvalue weighted by molar-refractivity contribution is 5.51. The van der Waals surface area contributed by atoms with Crippen molar-refractivity contribution < 1.29 is 9.13 Å². The van der Waals surface area contributed by atoms with E-state index in [0.29, 0.717) is 24.0 Å². The SMILES string of the molecule is CCC(C)COc1ccc(N2CCNCC2)c(F)c1. The average Bonchev–Trinajstić information content (AvgIpc) is 2.45. The number of ether oxygens (including phenoxy) is 1. The highest BCUT2D eigenvalue weighted by Gasteiger charge is 2.15. The van der Waals surface area contributed by atoms with Crippen molar-refractivity contribution in [1.29, 1.82) is 0 Å². The van der Waals surface area contributed by atoms with Crippen LogP contribution in [0, 0.1) is 11.7 Å². The zero-order valence-corrected chi connectivity index (χ0v) is 11.8. The van der Waals surface area contributed by atoms with Crippen molar-refractivity contribution in [2.24, 2.45) is 5.92 Å². The highest BCUT2D eigenvalue weighted by atomic mass is 19.1. The summed E-state index contributed by atoms with van der Waals surface area (Å²) in [6.45, 7) is 8.42. The first kappa shape index (κ1) is 14.1. The van der Waals surface area contributed by atoms with Gasteiger partial charge in [-0.15, -0.1) is 0 Å². The summed E-state index contributed by atoms with van der Waals surface area (Å²) < 4.78 is 19.7. The van der Waals surface area contributed by atoms with Crippen molar-refractivity contribution in [3.05, 3.63) is 24.0 Å². The highest BCUT2D eigenvalue weighted by Crippen LogP contribution is 2.24. The first-order valence-electron chi connectivity index (χ1n) is 7.08. The summed E-state index contributed by atoms with van der Waals surface area (Å²) >= 11 is 0. The van der Waals surface area contributed by atoms with Crippen LogP contribution in [0.4, 0.5) is 10.1 Å². The van der Waals surface area contributed by atoms with Crippen LogP contribution in [0.2, 0.25) is 0 Å². The Balaban J connectivity index is 2.00. The fraction of sp³-hybridized carbons (Fsp3) is 0.600. The molecule has 19 heavy (non-hydrogen) atoms. The van der Waals surface area contributed by atoms with E-state index in [-0.39, 0.29) is 5.82 Å². The number of nitrogens with zero attached hydrogens (tertiary/aromatic N) is 1. The van der Waals surface area contributed by atoms with Gasteiger partial charge in [-0.05, 0) is 18.1 Å². The maximum Gasteiger partial charge on any atom is 0.150 e. The van der Waals surface area contributed by atoms with E-state index in [4.69, 9.17) is 4.74 Å². The van der Waals surface area contributed by atoms with Gasteiger partial charge in [0.25, 0.3) is 0 Å². The molecule has 0 saturated carbocycles. The number of rotatable bonds is 5. The lowest BCUT2D eigenvalue weighted by atomic mass is 10.1. The number of piperazine rings is 1. The molecule has 0 spiro atoms. The monoisotopic (exact) mass is 266 g/mol. The van der Waals surface area contributed by atoms with Crippen molar-refractivity contribution in [1.82, 2.24) is 5.32 Å². The van der Waals surface area contributed by atoms with E-state index in [1.54, 1.807) is 0 Å². The molecule has 0 radical (unpaired) electrons. The number of nitrogens with one attached hydrogen (secondary N) is 1. The number of hydrogen-bond acceptors (Lipinski definition) is 3. The van der Waals surface area contributed by atoms with Crippen LogP contribution < -0.4 is 15.0 Å². The molecule has 2 rings (SSSR count). The largest absolute Gasteiger partial charge is 0.493 e. The molecule has 0 bridgehead atoms. The van der Waals surface area contributed by atoms with Gasteiger partial charge in [0, 0.05) is 32.2 Å². The van der Waals surface area contributed by atoms with Gasteiger partial charge in [0.1, 0.15) is 11.6 Å². The molecule has 0 aromatic heterocycles. The van der Waals surface area contributed by atoms with Crippen LogP contribution in [0.15, 0.2) is 18.2 Å². The van der Waals surface area contributed by atoms with Crippen molar-refractivity contribution >= 4 is 5.69 Å². The van der Waals surface area contributed by atoms with E-state index in [9.17, 15) is 4.39 Å². The molecule has 0 amide bonds. The fourth-order valence-corrected chi connectivity index (χ4v) is 2.10. The molecule has 1 aromatic carbocycles. The van der Waals surface area contributed by atoms with Crippen LogP contribution in [0.3, 0.4) is 0 Å². The Labute approximate surface area is 114 Å². The topological polar surface area (TPSA) is 24.5 Å². The summed E-state index contributed by atoms with van der Waals surface area (Å²) in [7, 11) is 0. The number of anilines is 1. The van der Waals surface area contributed by atoms with Crippen LogP contribution >= 0.6 is 0 Å². The van der Waals surface area contributed by atoms with E-state index in [2.05, 4.69) is 24.1 Å². The third-order valence-electron chi connectivity index (χ3n) is 3.61. The molecular formula is C15H23FN2O. The average molecular weight is 266 g/mol. The molecule has 1 aliphatic rings. The minimum absolute atomic E-state index is 0.191. The third kappa shape index (κ3) is 3.83. The Morgan fingerprint density at radius 2 is 2.11 bits per heavy atom. The Kier molecular flexibility index (Phi) is 5.02. The first-order chi connectivity index (χ1) is 9.20. The van der Waals surface area contributed by atoms with Gasteiger partial charge in [0.15, 0.2) is 0 Å². The maximum atomic E-state index is 14.1. The predicted octanol–water partition coefficient (Wildman–Crippen LogP) is 2.66. The summed E-state index contributed by atoms with van der Waals surface area (Å²) in [5.41, 5.74) is 0.678. The number of halogens is 1. The molecule has 3 nitrogen and oxygen atoms in total. The van der Waals surface area contributed by atoms with Gasteiger partial charge in [-0.1, -0.05) is 20.3 Å². The van der Waals surface area contributed by atoms with E-state index in [1.807, 2.05) is 12.1 Å². The lowest BCUT2D eigenvalue weighted by molar-refractivity contribution is 0.255. The standard InChI is InChI=1S/C15H23FN2O/c1-3-12(2)11-19-13-4-5-15(14(16)10-13)18-8-6-17-7-9-18/h4-5,10,12,17H,3,6-9,11H2,1-2H3. The molecule has 106 valence electrons. The fourth-order valence-electron chi connectivity index (χ4n) is 2.10. The van der Waals surface area contributed by atoms with Crippen LogP contribution in [0.5, 0.6) is 5.75 Å². The second kappa shape index (κ2) is 6.75. The van der Waals surface area contributed by atoms with Crippen molar-refractivity contribution in [3.63, 3.8) is 0 Å². The minimum Gasteiger partial charge on any atom is -0.493 e. The van der Waals surface area contributed by atoms with Gasteiger partial charge >= 0.3 is 0 Å². The molecule has 1 fully saturated rings. The summed E-state index contributed by atoms with van der Waals surface area (Å²) in [4.78, 5) is 2.07. The quantitative estimate of drug-likeness (QED) is 0.886. The Bertz CT molecular complexity index is 405. The zero-order chi connectivity index (χ0) is 13.7. The zero-order valence-electron chi connectivity index (χ0n) is 11.8. The molecular weight excluding hydrogens is 243 g/mol. The van der Waals surface area contributed by atoms with Gasteiger partial charge in [-0.3, -0.25) is 0 Å². The summed E-state index contributed by atoms with van der Waals surface area (Å²) in [5, 5.41) is 3.27. The van der Waals surface area contributed by atoms with Crippen LogP contribution in [-0.2, 0) is 0 Å². The van der Waals surface area contributed by atoms with Crippen LogP contribution in [0.25, 0.3) is 0 Å². The number of benzene rings is 1. The first-order valence-corrected chi connectivity index (χ1v) is 7.08. The van der Waals surface area contributed by atoms with Gasteiger partial charge in [0.2, 0.25) is 0 Å². The maximum absolute atomic E-state index is 14.1. The molecule has 1 N–H and O–H groups in total. The minimum atomic E-state index is -0.191. The molecule has 4 heteroatoms. The lowest BCUT2D eigenvalue weighted by Gasteiger charge is -2.29. The molecule has 1 aromatic rings. The van der Waals surface area contributed by atoms with Crippen molar-refractivity contribution in [2.75, 3.05) is 37.7 Å². The van der Waals surface area contributed by atoms with Crippen molar-refractivity contribution in [3.8, 4) is 5.75 Å². The Morgan fingerprint density at radius 1 is 1.37 bits per heavy atom. The van der Waals surface area contributed by atoms with E-state index < -0.39 is 0 Å². The molecule has 0 aliphatic carbocycles. The molecule has 1 aliphatic heterocycles. The van der Waals surface area contributed by atoms with Crippen LogP contribution in [0.1, 0.15) is 20.3 Å². The predicted molar refractivity (Wildman–Crippen MR) is 76.4 cm³/mol. The Hall–Kier alpha value is -1.29. The van der Waals surface area contributed by atoms with Gasteiger partial charge < -0.3 is 15.0 Å². The van der Waals surface area contributed by atoms with Crippen LogP contribution in [-0.4, -0.2) is 32.8 Å². The van der Waals surface area contributed by atoms with Crippen molar-refractivity contribution in [2.45, 2.75) is 20.3 Å². The normalized spacial score (nSPS) is 17.3. The summed E-state index contributed by atoms with van der Waals surface area (Å²) in [5.74, 6) is 0.927. The summed E-state index contributed by atoms with van der Waals surface area (Å²) in [6.07, 6.45) is 1.07. The van der Waals surface area contributed by atoms with Gasteiger partial charge in [-0.25, -0.2) is 4.39 Å². The molecule has 1 heterocycles. The smallest absolute Gasteiger partial charge is 0.150 e. The third-order valence-corrected chi connectivity index (χ3v) is 3.61.